The minimum Gasteiger partial charge on any atom is -0.497 e. The summed E-state index contributed by atoms with van der Waals surface area (Å²) in [5.41, 5.74) is 2.36. The molecular weight excluding hydrogens is 368 g/mol. The topological polar surface area (TPSA) is 69.7 Å². The van der Waals surface area contributed by atoms with Crippen LogP contribution in [0.25, 0.3) is 6.08 Å². The Morgan fingerprint density at radius 1 is 1.03 bits per heavy atom. The van der Waals surface area contributed by atoms with Gasteiger partial charge in [0.1, 0.15) is 23.9 Å². The molecule has 2 aromatic carbocycles. The van der Waals surface area contributed by atoms with Gasteiger partial charge in [0.05, 0.1) is 14.2 Å². The van der Waals surface area contributed by atoms with Crippen LogP contribution in [0.5, 0.6) is 17.2 Å². The van der Waals surface area contributed by atoms with Crippen LogP contribution >= 0.6 is 0 Å². The Labute approximate surface area is 169 Å². The number of rotatable bonds is 8. The summed E-state index contributed by atoms with van der Waals surface area (Å²) in [5.74, 6) is 1.73. The van der Waals surface area contributed by atoms with Crippen LogP contribution in [-0.2, 0) is 11.4 Å². The number of carbonyl (C=O) groups excluding carboxylic acids is 1. The molecule has 1 aromatic heterocycles. The van der Waals surface area contributed by atoms with Crippen molar-refractivity contribution in [2.24, 2.45) is 0 Å². The van der Waals surface area contributed by atoms with Gasteiger partial charge < -0.3 is 19.5 Å². The van der Waals surface area contributed by atoms with E-state index in [-0.39, 0.29) is 5.91 Å². The quantitative estimate of drug-likeness (QED) is 0.580. The van der Waals surface area contributed by atoms with Crippen molar-refractivity contribution in [3.8, 4) is 17.2 Å². The van der Waals surface area contributed by atoms with Gasteiger partial charge in [0.15, 0.2) is 0 Å². The van der Waals surface area contributed by atoms with Gasteiger partial charge in [-0.1, -0.05) is 12.1 Å². The molecule has 0 atom stereocenters. The molecule has 6 heteroatoms. The maximum atomic E-state index is 12.3. The number of methoxy groups -OCH3 is 2. The highest BCUT2D eigenvalue weighted by Gasteiger charge is 2.04. The summed E-state index contributed by atoms with van der Waals surface area (Å²) in [4.78, 5) is 16.4. The average Bonchev–Trinajstić information content (AvgIpc) is 2.77. The van der Waals surface area contributed by atoms with Crippen molar-refractivity contribution in [3.05, 3.63) is 84.2 Å². The van der Waals surface area contributed by atoms with Crippen LogP contribution in [0.15, 0.2) is 73.1 Å². The molecular formula is C23H22N2O4. The van der Waals surface area contributed by atoms with E-state index in [1.165, 1.54) is 6.08 Å². The molecule has 6 nitrogen and oxygen atoms in total. The molecule has 29 heavy (non-hydrogen) atoms. The van der Waals surface area contributed by atoms with Gasteiger partial charge in [-0.15, -0.1) is 0 Å². The third-order valence-corrected chi connectivity index (χ3v) is 4.08. The molecule has 0 fully saturated rings. The number of anilines is 1. The number of pyridine rings is 1. The second-order valence-corrected chi connectivity index (χ2v) is 6.11. The van der Waals surface area contributed by atoms with Gasteiger partial charge in [0.25, 0.3) is 0 Å². The molecule has 0 bridgehead atoms. The molecule has 0 aliphatic carbocycles. The third-order valence-electron chi connectivity index (χ3n) is 4.08. The molecule has 0 saturated carbocycles. The molecule has 0 saturated heterocycles. The van der Waals surface area contributed by atoms with Crippen molar-refractivity contribution in [3.63, 3.8) is 0 Å². The molecule has 3 rings (SSSR count). The highest BCUT2D eigenvalue weighted by molar-refractivity contribution is 6.02. The van der Waals surface area contributed by atoms with Crippen molar-refractivity contribution in [1.82, 2.24) is 4.98 Å². The summed E-state index contributed by atoms with van der Waals surface area (Å²) >= 11 is 0. The molecule has 0 unspecified atom stereocenters. The lowest BCUT2D eigenvalue weighted by Crippen LogP contribution is -2.08. The average molecular weight is 390 g/mol. The number of amides is 1. The zero-order valence-electron chi connectivity index (χ0n) is 16.3. The molecule has 1 amide bonds. The van der Waals surface area contributed by atoms with Gasteiger partial charge in [-0.3, -0.25) is 9.78 Å². The minimum atomic E-state index is -0.265. The molecule has 0 radical (unpaired) electrons. The predicted molar refractivity (Wildman–Crippen MR) is 112 cm³/mol. The zero-order valence-corrected chi connectivity index (χ0v) is 16.3. The van der Waals surface area contributed by atoms with E-state index in [1.54, 1.807) is 63.0 Å². The highest BCUT2D eigenvalue weighted by Crippen LogP contribution is 2.25. The monoisotopic (exact) mass is 390 g/mol. The molecule has 148 valence electrons. The predicted octanol–water partition coefficient (Wildman–Crippen LogP) is 4.33. The zero-order chi connectivity index (χ0) is 20.5. The molecule has 1 heterocycles. The second kappa shape index (κ2) is 9.94. The van der Waals surface area contributed by atoms with Crippen molar-refractivity contribution < 1.29 is 19.0 Å². The molecule has 1 N–H and O–H groups in total. The minimum absolute atomic E-state index is 0.265. The first-order chi connectivity index (χ1) is 14.2. The van der Waals surface area contributed by atoms with Gasteiger partial charge in [0.2, 0.25) is 5.91 Å². The molecule has 3 aromatic rings. The number of nitrogens with zero attached hydrogens (tertiary/aromatic N) is 1. The third kappa shape index (κ3) is 5.84. The summed E-state index contributed by atoms with van der Waals surface area (Å²) < 4.78 is 16.3. The Morgan fingerprint density at radius 3 is 2.69 bits per heavy atom. The SMILES string of the molecule is COc1ccc(OC)c(/C=C/C(=O)Nc2cccc(OCc3cccnc3)c2)c1. The van der Waals surface area contributed by atoms with E-state index < -0.39 is 0 Å². The van der Waals surface area contributed by atoms with E-state index in [9.17, 15) is 4.79 Å². The smallest absolute Gasteiger partial charge is 0.248 e. The van der Waals surface area contributed by atoms with Crippen LogP contribution in [0.4, 0.5) is 5.69 Å². The standard InChI is InChI=1S/C23H22N2O4/c1-27-20-9-10-22(28-2)18(13-20)8-11-23(26)25-19-6-3-7-21(14-19)29-16-17-5-4-12-24-15-17/h3-15H,16H2,1-2H3,(H,25,26)/b11-8+. The summed E-state index contributed by atoms with van der Waals surface area (Å²) in [6.45, 7) is 0.404. The fourth-order valence-electron chi connectivity index (χ4n) is 2.63. The first kappa shape index (κ1) is 19.9. The van der Waals surface area contributed by atoms with Crippen LogP contribution in [0.3, 0.4) is 0 Å². The van der Waals surface area contributed by atoms with Gasteiger partial charge in [0, 0.05) is 41.4 Å². The Morgan fingerprint density at radius 2 is 1.93 bits per heavy atom. The van der Waals surface area contributed by atoms with Gasteiger partial charge in [-0.25, -0.2) is 0 Å². The lowest BCUT2D eigenvalue weighted by Gasteiger charge is -2.09. The summed E-state index contributed by atoms with van der Waals surface area (Å²) in [5, 5.41) is 2.83. The Bertz CT molecular complexity index is 987. The largest absolute Gasteiger partial charge is 0.497 e. The summed E-state index contributed by atoms with van der Waals surface area (Å²) in [6.07, 6.45) is 6.59. The Kier molecular flexibility index (Phi) is 6.84. The van der Waals surface area contributed by atoms with Crippen molar-refractivity contribution in [1.29, 1.82) is 0 Å². The maximum absolute atomic E-state index is 12.3. The highest BCUT2D eigenvalue weighted by atomic mass is 16.5. The number of hydrogen-bond donors (Lipinski definition) is 1. The molecule has 0 spiro atoms. The number of carbonyl (C=O) groups is 1. The van der Waals surface area contributed by atoms with Crippen LogP contribution in [-0.4, -0.2) is 25.1 Å². The second-order valence-electron chi connectivity index (χ2n) is 6.11. The fourth-order valence-corrected chi connectivity index (χ4v) is 2.63. The van der Waals surface area contributed by atoms with Gasteiger partial charge in [-0.05, 0) is 42.5 Å². The lowest BCUT2D eigenvalue weighted by molar-refractivity contribution is -0.111. The van der Waals surface area contributed by atoms with Gasteiger partial charge in [-0.2, -0.15) is 0 Å². The number of nitrogens with one attached hydrogen (secondary N) is 1. The molecule has 0 aliphatic rings. The van der Waals surface area contributed by atoms with Crippen molar-refractivity contribution in [2.45, 2.75) is 6.61 Å². The number of ether oxygens (including phenoxy) is 3. The molecule has 0 aliphatic heterocycles. The van der Waals surface area contributed by atoms with E-state index in [0.29, 0.717) is 29.5 Å². The van der Waals surface area contributed by atoms with Gasteiger partial charge >= 0.3 is 0 Å². The van der Waals surface area contributed by atoms with Crippen molar-refractivity contribution in [2.75, 3.05) is 19.5 Å². The van der Waals surface area contributed by atoms with Crippen LogP contribution in [0.1, 0.15) is 11.1 Å². The Balaban J connectivity index is 1.63. The number of aromatic nitrogens is 1. The van der Waals surface area contributed by atoms with Crippen LogP contribution in [0, 0.1) is 0 Å². The summed E-state index contributed by atoms with van der Waals surface area (Å²) in [7, 11) is 3.17. The fraction of sp³-hybridized carbons (Fsp3) is 0.130. The van der Waals surface area contributed by atoms with E-state index in [0.717, 1.165) is 11.1 Å². The van der Waals surface area contributed by atoms with E-state index in [4.69, 9.17) is 14.2 Å². The first-order valence-corrected chi connectivity index (χ1v) is 9.01. The van der Waals surface area contributed by atoms with E-state index in [2.05, 4.69) is 10.3 Å². The van der Waals surface area contributed by atoms with Crippen LogP contribution < -0.4 is 19.5 Å². The summed E-state index contributed by atoms with van der Waals surface area (Å²) in [6, 6.07) is 16.4. The lowest BCUT2D eigenvalue weighted by atomic mass is 10.1. The Hall–Kier alpha value is -3.80. The van der Waals surface area contributed by atoms with E-state index in [1.807, 2.05) is 24.3 Å². The maximum Gasteiger partial charge on any atom is 0.248 e. The first-order valence-electron chi connectivity index (χ1n) is 9.01. The normalized spacial score (nSPS) is 10.6. The number of hydrogen-bond acceptors (Lipinski definition) is 5. The van der Waals surface area contributed by atoms with E-state index >= 15 is 0 Å². The number of benzene rings is 2. The van der Waals surface area contributed by atoms with Crippen LogP contribution in [0.2, 0.25) is 0 Å². The van der Waals surface area contributed by atoms with Crippen molar-refractivity contribution >= 4 is 17.7 Å².